The van der Waals surface area contributed by atoms with E-state index in [1.54, 1.807) is 18.0 Å². The second-order valence-electron chi connectivity index (χ2n) is 6.44. The van der Waals surface area contributed by atoms with Gasteiger partial charge < -0.3 is 10.5 Å². The minimum atomic E-state index is -0.141. The second-order valence-corrected chi connectivity index (χ2v) is 6.44. The molecule has 5 nitrogen and oxygen atoms in total. The van der Waals surface area contributed by atoms with Gasteiger partial charge in [-0.3, -0.25) is 9.48 Å². The maximum atomic E-state index is 12.5. The standard InChI is InChI=1S/C15H27N3O2/c1-6-7-18-14(13(20-5)10-17-18)12(19)8-11(16)9-15(2,3)4/h10-11H,6-9,16H2,1-5H3. The maximum Gasteiger partial charge on any atom is 0.186 e. The molecule has 0 radical (unpaired) electrons. The van der Waals surface area contributed by atoms with Crippen LogP contribution in [0.15, 0.2) is 6.20 Å². The molecule has 1 unspecified atom stereocenters. The highest BCUT2D eigenvalue weighted by Gasteiger charge is 2.23. The van der Waals surface area contributed by atoms with Gasteiger partial charge in [0.2, 0.25) is 0 Å². The highest BCUT2D eigenvalue weighted by molar-refractivity contribution is 5.97. The maximum absolute atomic E-state index is 12.5. The highest BCUT2D eigenvalue weighted by Crippen LogP contribution is 2.24. The zero-order valence-corrected chi connectivity index (χ0v) is 13.3. The Bertz CT molecular complexity index is 446. The summed E-state index contributed by atoms with van der Waals surface area (Å²) >= 11 is 0. The van der Waals surface area contributed by atoms with Gasteiger partial charge in [0.05, 0.1) is 13.3 Å². The van der Waals surface area contributed by atoms with Crippen molar-refractivity contribution in [3.63, 3.8) is 0 Å². The largest absolute Gasteiger partial charge is 0.493 e. The molecule has 0 spiro atoms. The summed E-state index contributed by atoms with van der Waals surface area (Å²) in [5.41, 5.74) is 6.75. The average Bonchev–Trinajstić information content (AvgIpc) is 2.69. The molecule has 0 aliphatic rings. The van der Waals surface area contributed by atoms with Gasteiger partial charge in [-0.1, -0.05) is 27.7 Å². The Kier molecular flexibility index (Phi) is 5.74. The summed E-state index contributed by atoms with van der Waals surface area (Å²) in [5.74, 6) is 0.538. The number of aryl methyl sites for hydroxylation is 1. The normalized spacial score (nSPS) is 13.3. The lowest BCUT2D eigenvalue weighted by molar-refractivity contribution is 0.0954. The Morgan fingerprint density at radius 2 is 2.15 bits per heavy atom. The molecule has 2 N–H and O–H groups in total. The van der Waals surface area contributed by atoms with E-state index in [4.69, 9.17) is 10.5 Å². The first-order chi connectivity index (χ1) is 9.28. The van der Waals surface area contributed by atoms with Gasteiger partial charge in [-0.2, -0.15) is 5.10 Å². The van der Waals surface area contributed by atoms with Crippen LogP contribution in [-0.4, -0.2) is 28.7 Å². The predicted molar refractivity (Wildman–Crippen MR) is 80.1 cm³/mol. The fourth-order valence-electron chi connectivity index (χ4n) is 2.37. The Morgan fingerprint density at radius 1 is 1.50 bits per heavy atom. The first-order valence-corrected chi connectivity index (χ1v) is 7.17. The van der Waals surface area contributed by atoms with Gasteiger partial charge in [0.15, 0.2) is 11.5 Å². The smallest absolute Gasteiger partial charge is 0.186 e. The van der Waals surface area contributed by atoms with Crippen LogP contribution < -0.4 is 10.5 Å². The molecule has 1 heterocycles. The van der Waals surface area contributed by atoms with Gasteiger partial charge in [-0.15, -0.1) is 0 Å². The molecule has 20 heavy (non-hydrogen) atoms. The van der Waals surface area contributed by atoms with Crippen LogP contribution in [0.25, 0.3) is 0 Å². The number of Topliss-reactive ketones (excluding diaryl/α,β-unsaturated/α-hetero) is 1. The van der Waals surface area contributed by atoms with Crippen molar-refractivity contribution in [2.45, 2.75) is 59.5 Å². The Labute approximate surface area is 121 Å². The number of ether oxygens (including phenoxy) is 1. The van der Waals surface area contributed by atoms with Crippen LogP contribution in [0.3, 0.4) is 0 Å². The second kappa shape index (κ2) is 6.88. The summed E-state index contributed by atoms with van der Waals surface area (Å²) in [5, 5.41) is 4.21. The molecule has 1 aromatic rings. The minimum absolute atomic E-state index is 0.00421. The number of rotatable bonds is 7. The third-order valence-corrected chi connectivity index (χ3v) is 3.05. The SMILES string of the molecule is CCCn1ncc(OC)c1C(=O)CC(N)CC(C)(C)C. The lowest BCUT2D eigenvalue weighted by atomic mass is 9.86. The molecular formula is C15H27N3O2. The summed E-state index contributed by atoms with van der Waals surface area (Å²) in [7, 11) is 1.55. The van der Waals surface area contributed by atoms with Crippen molar-refractivity contribution in [3.8, 4) is 5.75 Å². The summed E-state index contributed by atoms with van der Waals surface area (Å²) in [6.45, 7) is 9.13. The van der Waals surface area contributed by atoms with E-state index in [0.29, 0.717) is 24.4 Å². The van der Waals surface area contributed by atoms with E-state index >= 15 is 0 Å². The molecule has 0 saturated heterocycles. The quantitative estimate of drug-likeness (QED) is 0.780. The summed E-state index contributed by atoms with van der Waals surface area (Å²) in [4.78, 5) is 12.5. The average molecular weight is 281 g/mol. The molecule has 1 aromatic heterocycles. The molecule has 0 aromatic carbocycles. The molecule has 0 bridgehead atoms. The third kappa shape index (κ3) is 4.63. The predicted octanol–water partition coefficient (Wildman–Crippen LogP) is 2.64. The summed E-state index contributed by atoms with van der Waals surface area (Å²) < 4.78 is 6.94. The first-order valence-electron chi connectivity index (χ1n) is 7.17. The van der Waals surface area contributed by atoms with Gasteiger partial charge in [-0.05, 0) is 18.3 Å². The monoisotopic (exact) mass is 281 g/mol. The van der Waals surface area contributed by atoms with Crippen molar-refractivity contribution in [1.82, 2.24) is 9.78 Å². The summed E-state index contributed by atoms with van der Waals surface area (Å²) in [6.07, 6.45) is 3.64. The number of hydrogen-bond donors (Lipinski definition) is 1. The van der Waals surface area contributed by atoms with Crippen LogP contribution in [0.4, 0.5) is 0 Å². The Morgan fingerprint density at radius 3 is 2.65 bits per heavy atom. The molecule has 114 valence electrons. The topological polar surface area (TPSA) is 70.1 Å². The van der Waals surface area contributed by atoms with Gasteiger partial charge in [-0.25, -0.2) is 0 Å². The molecule has 1 rings (SSSR count). The fourth-order valence-corrected chi connectivity index (χ4v) is 2.37. The fraction of sp³-hybridized carbons (Fsp3) is 0.733. The number of aromatic nitrogens is 2. The number of methoxy groups -OCH3 is 1. The molecule has 0 aliphatic carbocycles. The number of hydrogen-bond acceptors (Lipinski definition) is 4. The van der Waals surface area contributed by atoms with E-state index in [9.17, 15) is 4.79 Å². The van der Waals surface area contributed by atoms with E-state index in [1.165, 1.54) is 0 Å². The van der Waals surface area contributed by atoms with E-state index in [-0.39, 0.29) is 17.2 Å². The van der Waals surface area contributed by atoms with Crippen LogP contribution in [0.1, 0.15) is 57.4 Å². The van der Waals surface area contributed by atoms with E-state index < -0.39 is 0 Å². The van der Waals surface area contributed by atoms with Crippen LogP contribution in [0.2, 0.25) is 0 Å². The molecule has 5 heteroatoms. The van der Waals surface area contributed by atoms with E-state index in [2.05, 4.69) is 25.9 Å². The van der Waals surface area contributed by atoms with Crippen molar-refractivity contribution >= 4 is 5.78 Å². The Balaban J connectivity index is 2.83. The molecular weight excluding hydrogens is 254 g/mol. The number of carbonyl (C=O) groups is 1. The lowest BCUT2D eigenvalue weighted by Gasteiger charge is -2.22. The molecule has 0 amide bonds. The van der Waals surface area contributed by atoms with Crippen molar-refractivity contribution in [3.05, 3.63) is 11.9 Å². The number of carbonyl (C=O) groups excluding carboxylic acids is 1. The Hall–Kier alpha value is -1.36. The van der Waals surface area contributed by atoms with Gasteiger partial charge in [0.1, 0.15) is 5.69 Å². The first kappa shape index (κ1) is 16.7. The number of nitrogens with zero attached hydrogens (tertiary/aromatic N) is 2. The zero-order chi connectivity index (χ0) is 15.3. The van der Waals surface area contributed by atoms with Crippen molar-refractivity contribution in [2.24, 2.45) is 11.1 Å². The van der Waals surface area contributed by atoms with E-state index in [1.807, 2.05) is 6.92 Å². The van der Waals surface area contributed by atoms with Gasteiger partial charge in [0, 0.05) is 19.0 Å². The van der Waals surface area contributed by atoms with Crippen molar-refractivity contribution < 1.29 is 9.53 Å². The van der Waals surface area contributed by atoms with Crippen molar-refractivity contribution in [1.29, 1.82) is 0 Å². The zero-order valence-electron chi connectivity index (χ0n) is 13.3. The van der Waals surface area contributed by atoms with Crippen LogP contribution >= 0.6 is 0 Å². The minimum Gasteiger partial charge on any atom is -0.493 e. The molecule has 1 atom stereocenters. The third-order valence-electron chi connectivity index (χ3n) is 3.05. The van der Waals surface area contributed by atoms with Crippen LogP contribution in [0.5, 0.6) is 5.75 Å². The highest BCUT2D eigenvalue weighted by atomic mass is 16.5. The molecule has 0 fully saturated rings. The van der Waals surface area contributed by atoms with Gasteiger partial charge in [0.25, 0.3) is 0 Å². The van der Waals surface area contributed by atoms with E-state index in [0.717, 1.165) is 12.8 Å². The molecule has 0 saturated carbocycles. The number of ketones is 1. The molecule has 0 aliphatic heterocycles. The van der Waals surface area contributed by atoms with Crippen LogP contribution in [0, 0.1) is 5.41 Å². The number of nitrogens with two attached hydrogens (primary N) is 1. The van der Waals surface area contributed by atoms with Crippen LogP contribution in [-0.2, 0) is 6.54 Å². The van der Waals surface area contributed by atoms with Gasteiger partial charge >= 0.3 is 0 Å². The van der Waals surface area contributed by atoms with Crippen molar-refractivity contribution in [2.75, 3.05) is 7.11 Å². The summed E-state index contributed by atoms with van der Waals surface area (Å²) in [6, 6.07) is -0.141. The lowest BCUT2D eigenvalue weighted by Crippen LogP contribution is -2.29.